The zero-order valence-electron chi connectivity index (χ0n) is 12.8. The van der Waals surface area contributed by atoms with E-state index >= 15 is 0 Å². The van der Waals surface area contributed by atoms with Crippen LogP contribution in [0.2, 0.25) is 0 Å². The zero-order chi connectivity index (χ0) is 17.0. The number of hydrogen-bond donors (Lipinski definition) is 1. The number of sulfone groups is 1. The predicted octanol–water partition coefficient (Wildman–Crippen LogP) is 0.483. The first-order chi connectivity index (χ1) is 10.8. The normalized spacial score (nSPS) is 40.0. The number of fused-ring (bicyclic) bond motifs is 1. The highest BCUT2D eigenvalue weighted by molar-refractivity contribution is 8.08. The van der Waals surface area contributed by atoms with Crippen molar-refractivity contribution in [3.63, 3.8) is 0 Å². The number of allylic oxidation sites excluding steroid dienone is 1. The molecule has 2 aliphatic heterocycles. The molecule has 8 heteroatoms. The maximum absolute atomic E-state index is 12.8. The molecule has 3 aliphatic rings. The zero-order valence-corrected chi connectivity index (χ0v) is 14.4. The summed E-state index contributed by atoms with van der Waals surface area (Å²) in [6.07, 6.45) is 4.72. The Kier molecular flexibility index (Phi) is 4.09. The number of carbonyl (C=O) groups is 2. The molecule has 0 saturated carbocycles. The van der Waals surface area contributed by atoms with E-state index in [4.69, 9.17) is 11.6 Å². The fraction of sp³-hybridized carbons (Fsp3) is 0.733. The molecule has 0 spiro atoms. The van der Waals surface area contributed by atoms with Crippen LogP contribution in [0.15, 0.2) is 12.2 Å². The van der Waals surface area contributed by atoms with Crippen LogP contribution in [0.1, 0.15) is 25.7 Å². The standard InChI is InChI=1S/C15H20ClNO5S/c1-17-11-10(7-8-16)13(19)23(21,22)15(11,14(17)20)12(18)9-5-3-2-4-6-9/h3,5,9-12,18H,2,4,6-8H2,1H3/t9-,10?,11+,12+,15+/m1/s1. The minimum atomic E-state index is -4.40. The summed E-state index contributed by atoms with van der Waals surface area (Å²) in [4.78, 5) is 26.2. The maximum atomic E-state index is 12.8. The van der Waals surface area contributed by atoms with Gasteiger partial charge in [-0.05, 0) is 25.7 Å². The van der Waals surface area contributed by atoms with Crippen LogP contribution in [0.25, 0.3) is 0 Å². The number of β-lactam (4-membered cyclic amide) rings is 1. The second-order valence-corrected chi connectivity index (χ2v) is 8.99. The number of nitrogens with zero attached hydrogens (tertiary/aromatic N) is 1. The lowest BCUT2D eigenvalue weighted by Gasteiger charge is -2.53. The largest absolute Gasteiger partial charge is 0.390 e. The van der Waals surface area contributed by atoms with Crippen molar-refractivity contribution in [1.29, 1.82) is 0 Å². The number of rotatable bonds is 4. The van der Waals surface area contributed by atoms with E-state index in [0.29, 0.717) is 6.42 Å². The highest BCUT2D eigenvalue weighted by atomic mass is 35.5. The predicted molar refractivity (Wildman–Crippen MR) is 84.5 cm³/mol. The van der Waals surface area contributed by atoms with Crippen molar-refractivity contribution in [3.05, 3.63) is 12.2 Å². The van der Waals surface area contributed by atoms with Crippen molar-refractivity contribution in [2.24, 2.45) is 11.8 Å². The van der Waals surface area contributed by atoms with Crippen LogP contribution in [0.4, 0.5) is 0 Å². The van der Waals surface area contributed by atoms with E-state index in [2.05, 4.69) is 0 Å². The van der Waals surface area contributed by atoms with Gasteiger partial charge in [0.05, 0.1) is 18.1 Å². The molecule has 2 saturated heterocycles. The van der Waals surface area contributed by atoms with Gasteiger partial charge in [0, 0.05) is 18.8 Å². The maximum Gasteiger partial charge on any atom is 0.252 e. The van der Waals surface area contributed by atoms with Crippen LogP contribution in [-0.2, 0) is 19.4 Å². The van der Waals surface area contributed by atoms with Gasteiger partial charge in [-0.3, -0.25) is 9.59 Å². The molecule has 6 nitrogen and oxygen atoms in total. The van der Waals surface area contributed by atoms with Gasteiger partial charge in [0.25, 0.3) is 5.12 Å². The monoisotopic (exact) mass is 361 g/mol. The molecule has 1 N–H and O–H groups in total. The van der Waals surface area contributed by atoms with E-state index in [0.717, 1.165) is 12.8 Å². The molecule has 3 rings (SSSR count). The van der Waals surface area contributed by atoms with E-state index in [1.807, 2.05) is 6.08 Å². The first kappa shape index (κ1) is 16.9. The van der Waals surface area contributed by atoms with Crippen LogP contribution in [0.3, 0.4) is 0 Å². The third kappa shape index (κ3) is 1.93. The van der Waals surface area contributed by atoms with Gasteiger partial charge in [0.15, 0.2) is 0 Å². The number of aliphatic hydroxyl groups excluding tert-OH is 1. The van der Waals surface area contributed by atoms with E-state index < -0.39 is 49.6 Å². The Balaban J connectivity index is 2.10. The van der Waals surface area contributed by atoms with Crippen molar-refractivity contribution in [3.8, 4) is 0 Å². The average molecular weight is 362 g/mol. The Morgan fingerprint density at radius 2 is 2.17 bits per heavy atom. The van der Waals surface area contributed by atoms with Crippen molar-refractivity contribution >= 4 is 32.5 Å². The minimum Gasteiger partial charge on any atom is -0.390 e. The summed E-state index contributed by atoms with van der Waals surface area (Å²) < 4.78 is 23.5. The van der Waals surface area contributed by atoms with E-state index in [-0.39, 0.29) is 12.3 Å². The third-order valence-electron chi connectivity index (χ3n) is 5.46. The van der Waals surface area contributed by atoms with Gasteiger partial charge in [-0.15, -0.1) is 11.6 Å². The first-order valence-electron chi connectivity index (χ1n) is 7.78. The number of halogens is 1. The highest BCUT2D eigenvalue weighted by Crippen LogP contribution is 2.53. The second kappa shape index (κ2) is 5.57. The van der Waals surface area contributed by atoms with E-state index in [1.165, 1.54) is 11.9 Å². The fourth-order valence-electron chi connectivity index (χ4n) is 4.36. The van der Waals surface area contributed by atoms with Gasteiger partial charge in [0.2, 0.25) is 20.5 Å². The Bertz CT molecular complexity index is 675. The van der Waals surface area contributed by atoms with Gasteiger partial charge in [-0.2, -0.15) is 0 Å². The summed E-state index contributed by atoms with van der Waals surface area (Å²) in [5.41, 5.74) is 0. The quantitative estimate of drug-likeness (QED) is 0.447. The fourth-order valence-corrected chi connectivity index (χ4v) is 7.08. The van der Waals surface area contributed by atoms with Crippen LogP contribution >= 0.6 is 11.6 Å². The Morgan fingerprint density at radius 1 is 1.48 bits per heavy atom. The van der Waals surface area contributed by atoms with Crippen LogP contribution < -0.4 is 0 Å². The molecule has 2 fully saturated rings. The van der Waals surface area contributed by atoms with Crippen LogP contribution in [-0.4, -0.2) is 59.3 Å². The smallest absolute Gasteiger partial charge is 0.252 e. The molecule has 0 aromatic carbocycles. The molecule has 5 atom stereocenters. The number of likely N-dealkylation sites (tertiary alicyclic amines) is 1. The lowest BCUT2D eigenvalue weighted by molar-refractivity contribution is -0.161. The molecule has 2 heterocycles. The summed E-state index contributed by atoms with van der Waals surface area (Å²) in [5.74, 6) is -1.84. The molecule has 1 amide bonds. The SMILES string of the molecule is CN1C(=O)[C@@]2([C@@H](O)[C@@H]3C=CCCC3)[C@@H]1C(CCCl)C(=O)S2(=O)=O. The molecule has 1 aliphatic carbocycles. The van der Waals surface area contributed by atoms with Gasteiger partial charge in [-0.25, -0.2) is 8.42 Å². The van der Waals surface area contributed by atoms with Crippen molar-refractivity contribution in [2.75, 3.05) is 12.9 Å². The molecule has 0 aromatic heterocycles. The Labute approximate surface area is 140 Å². The lowest BCUT2D eigenvalue weighted by atomic mass is 9.70. The van der Waals surface area contributed by atoms with E-state index in [1.54, 1.807) is 6.08 Å². The van der Waals surface area contributed by atoms with Crippen molar-refractivity contribution in [2.45, 2.75) is 42.6 Å². The van der Waals surface area contributed by atoms with Gasteiger partial charge in [-0.1, -0.05) is 12.2 Å². The van der Waals surface area contributed by atoms with Crippen molar-refractivity contribution < 1.29 is 23.1 Å². The first-order valence-corrected chi connectivity index (χ1v) is 9.80. The molecule has 128 valence electrons. The molecular formula is C15H20ClNO5S. The van der Waals surface area contributed by atoms with Crippen LogP contribution in [0, 0.1) is 11.8 Å². The van der Waals surface area contributed by atoms with Gasteiger partial charge >= 0.3 is 0 Å². The third-order valence-corrected chi connectivity index (χ3v) is 8.06. The number of hydrogen-bond acceptors (Lipinski definition) is 5. The molecule has 1 unspecified atom stereocenters. The minimum absolute atomic E-state index is 0.125. The van der Waals surface area contributed by atoms with Crippen molar-refractivity contribution in [1.82, 2.24) is 4.90 Å². The summed E-state index contributed by atoms with van der Waals surface area (Å²) in [5, 5.41) is 9.86. The number of amides is 1. The highest BCUT2D eigenvalue weighted by Gasteiger charge is 2.80. The Hall–Kier alpha value is -0.920. The molecule has 0 aromatic rings. The Morgan fingerprint density at radius 3 is 2.74 bits per heavy atom. The summed E-state index contributed by atoms with van der Waals surface area (Å²) >= 11 is 5.71. The number of carbonyl (C=O) groups excluding carboxylic acids is 2. The topological polar surface area (TPSA) is 91.8 Å². The summed E-state index contributed by atoms with van der Waals surface area (Å²) in [6, 6.07) is -0.823. The number of alkyl halides is 1. The number of aliphatic hydroxyl groups is 1. The average Bonchev–Trinajstić information content (AvgIpc) is 2.71. The molecule has 0 bridgehead atoms. The summed E-state index contributed by atoms with van der Waals surface area (Å²) in [7, 11) is -2.93. The van der Waals surface area contributed by atoms with Gasteiger partial charge in [0.1, 0.15) is 0 Å². The van der Waals surface area contributed by atoms with Gasteiger partial charge < -0.3 is 10.0 Å². The second-order valence-electron chi connectivity index (χ2n) is 6.53. The lowest BCUT2D eigenvalue weighted by Crippen LogP contribution is -2.79. The summed E-state index contributed by atoms with van der Waals surface area (Å²) in [6.45, 7) is 0. The van der Waals surface area contributed by atoms with Crippen LogP contribution in [0.5, 0.6) is 0 Å². The molecule has 0 radical (unpaired) electrons. The molecular weight excluding hydrogens is 342 g/mol. The van der Waals surface area contributed by atoms with E-state index in [9.17, 15) is 23.1 Å². The molecule has 23 heavy (non-hydrogen) atoms.